The summed E-state index contributed by atoms with van der Waals surface area (Å²) in [5.74, 6) is 0. The van der Waals surface area contributed by atoms with Crippen molar-refractivity contribution in [3.05, 3.63) is 46.2 Å². The summed E-state index contributed by atoms with van der Waals surface area (Å²) < 4.78 is 1.97. The van der Waals surface area contributed by atoms with Gasteiger partial charge in [0.25, 0.3) is 0 Å². The molecule has 2 rings (SSSR count). The van der Waals surface area contributed by atoms with Crippen LogP contribution in [0.2, 0.25) is 5.02 Å². The van der Waals surface area contributed by atoms with Crippen LogP contribution in [0.5, 0.6) is 0 Å². The van der Waals surface area contributed by atoms with Gasteiger partial charge < -0.3 is 5.73 Å². The normalized spacial score (nSPS) is 11.2. The lowest BCUT2D eigenvalue weighted by atomic mass is 10.2. The summed E-state index contributed by atoms with van der Waals surface area (Å²) in [6, 6.07) is 7.96. The number of rotatable bonds is 5. The molecule has 108 valence electrons. The number of hydrogen-bond acceptors (Lipinski definition) is 3. The van der Waals surface area contributed by atoms with Gasteiger partial charge in [0, 0.05) is 25.3 Å². The summed E-state index contributed by atoms with van der Waals surface area (Å²) in [5, 5.41) is 5.21. The zero-order chi connectivity index (χ0) is 14.7. The van der Waals surface area contributed by atoms with Gasteiger partial charge in [-0.15, -0.1) is 0 Å². The molecule has 0 aliphatic heterocycles. The smallest absolute Gasteiger partial charge is 0.0860 e. The van der Waals surface area contributed by atoms with Gasteiger partial charge in [0.15, 0.2) is 0 Å². The predicted molar refractivity (Wildman–Crippen MR) is 83.7 cm³/mol. The van der Waals surface area contributed by atoms with Crippen molar-refractivity contribution in [2.45, 2.75) is 33.5 Å². The number of benzene rings is 1. The van der Waals surface area contributed by atoms with Gasteiger partial charge in [-0.05, 0) is 38.6 Å². The van der Waals surface area contributed by atoms with E-state index in [0.717, 1.165) is 41.7 Å². The second kappa shape index (κ2) is 6.29. The van der Waals surface area contributed by atoms with E-state index in [1.807, 2.05) is 29.8 Å². The number of aromatic nitrogens is 2. The van der Waals surface area contributed by atoms with E-state index in [2.05, 4.69) is 30.0 Å². The third kappa shape index (κ3) is 3.32. The molecule has 0 saturated heterocycles. The molecule has 2 aromatic rings. The fourth-order valence-corrected chi connectivity index (χ4v) is 2.53. The first-order valence-electron chi connectivity index (χ1n) is 6.76. The maximum atomic E-state index is 6.33. The molecule has 4 nitrogen and oxygen atoms in total. The standard InChI is InChI=1S/C15H21ClN4/c1-4-20-14(15(16)11(2)18-20)10-19(3)9-12-6-5-7-13(17)8-12/h5-8H,4,9-10,17H2,1-3H3. The molecule has 1 heterocycles. The first-order chi connectivity index (χ1) is 9.51. The minimum atomic E-state index is 0.766. The fraction of sp³-hybridized carbons (Fsp3) is 0.400. The van der Waals surface area contributed by atoms with E-state index in [4.69, 9.17) is 17.3 Å². The Hall–Kier alpha value is -1.52. The van der Waals surface area contributed by atoms with Crippen molar-refractivity contribution >= 4 is 17.3 Å². The average Bonchev–Trinajstić information content (AvgIpc) is 2.66. The Morgan fingerprint density at radius 1 is 1.35 bits per heavy atom. The average molecular weight is 293 g/mol. The molecule has 0 spiro atoms. The number of nitrogens with two attached hydrogens (primary N) is 1. The van der Waals surface area contributed by atoms with Crippen LogP contribution in [0.1, 0.15) is 23.9 Å². The van der Waals surface area contributed by atoms with Crippen LogP contribution >= 0.6 is 11.6 Å². The zero-order valence-electron chi connectivity index (χ0n) is 12.2. The van der Waals surface area contributed by atoms with Gasteiger partial charge in [-0.2, -0.15) is 5.10 Å². The van der Waals surface area contributed by atoms with E-state index in [9.17, 15) is 0 Å². The predicted octanol–water partition coefficient (Wildman–Crippen LogP) is 3.08. The van der Waals surface area contributed by atoms with Crippen LogP contribution in [0.3, 0.4) is 0 Å². The highest BCUT2D eigenvalue weighted by Crippen LogP contribution is 2.22. The van der Waals surface area contributed by atoms with Crippen LogP contribution < -0.4 is 5.73 Å². The lowest BCUT2D eigenvalue weighted by Gasteiger charge is -2.18. The Balaban J connectivity index is 2.10. The molecular formula is C15H21ClN4. The largest absolute Gasteiger partial charge is 0.399 e. The molecule has 20 heavy (non-hydrogen) atoms. The summed E-state index contributed by atoms with van der Waals surface area (Å²) in [5.41, 5.74) is 9.76. The maximum Gasteiger partial charge on any atom is 0.0860 e. The van der Waals surface area contributed by atoms with Gasteiger partial charge in [0.05, 0.1) is 16.4 Å². The summed E-state index contributed by atoms with van der Waals surface area (Å²) >= 11 is 6.33. The lowest BCUT2D eigenvalue weighted by molar-refractivity contribution is 0.307. The van der Waals surface area contributed by atoms with Gasteiger partial charge >= 0.3 is 0 Å². The van der Waals surface area contributed by atoms with E-state index in [-0.39, 0.29) is 0 Å². The van der Waals surface area contributed by atoms with Crippen molar-refractivity contribution in [3.63, 3.8) is 0 Å². The summed E-state index contributed by atoms with van der Waals surface area (Å²) in [4.78, 5) is 2.21. The molecular weight excluding hydrogens is 272 g/mol. The number of hydrogen-bond donors (Lipinski definition) is 1. The Kier molecular flexibility index (Phi) is 4.68. The highest BCUT2D eigenvalue weighted by molar-refractivity contribution is 6.31. The number of anilines is 1. The molecule has 1 aromatic heterocycles. The van der Waals surface area contributed by atoms with Crippen molar-refractivity contribution in [2.24, 2.45) is 0 Å². The molecule has 0 fully saturated rings. The fourth-order valence-electron chi connectivity index (χ4n) is 2.33. The summed E-state index contributed by atoms with van der Waals surface area (Å²) in [6.07, 6.45) is 0. The minimum Gasteiger partial charge on any atom is -0.399 e. The molecule has 0 amide bonds. The molecule has 0 saturated carbocycles. The number of nitrogen functional groups attached to an aromatic ring is 1. The summed E-state index contributed by atoms with van der Waals surface area (Å²) in [7, 11) is 2.07. The second-order valence-electron chi connectivity index (χ2n) is 5.08. The third-order valence-electron chi connectivity index (χ3n) is 3.28. The number of aryl methyl sites for hydroxylation is 2. The van der Waals surface area contributed by atoms with Crippen molar-refractivity contribution in [1.82, 2.24) is 14.7 Å². The number of halogens is 1. The molecule has 5 heteroatoms. The van der Waals surface area contributed by atoms with Gasteiger partial charge in [0.2, 0.25) is 0 Å². The molecule has 0 atom stereocenters. The van der Waals surface area contributed by atoms with Crippen LogP contribution in [0.25, 0.3) is 0 Å². The van der Waals surface area contributed by atoms with Crippen LogP contribution in [0.4, 0.5) is 5.69 Å². The van der Waals surface area contributed by atoms with E-state index in [0.29, 0.717) is 0 Å². The highest BCUT2D eigenvalue weighted by Gasteiger charge is 2.14. The van der Waals surface area contributed by atoms with Crippen LogP contribution in [0.15, 0.2) is 24.3 Å². The van der Waals surface area contributed by atoms with E-state index >= 15 is 0 Å². The Morgan fingerprint density at radius 2 is 2.10 bits per heavy atom. The molecule has 2 N–H and O–H groups in total. The molecule has 0 unspecified atom stereocenters. The minimum absolute atomic E-state index is 0.766. The van der Waals surface area contributed by atoms with Crippen molar-refractivity contribution < 1.29 is 0 Å². The Morgan fingerprint density at radius 3 is 2.75 bits per heavy atom. The second-order valence-corrected chi connectivity index (χ2v) is 5.46. The van der Waals surface area contributed by atoms with Gasteiger partial charge in [-0.3, -0.25) is 9.58 Å². The first-order valence-corrected chi connectivity index (χ1v) is 7.13. The molecule has 0 radical (unpaired) electrons. The van der Waals surface area contributed by atoms with E-state index in [1.54, 1.807) is 0 Å². The van der Waals surface area contributed by atoms with Crippen molar-refractivity contribution in [2.75, 3.05) is 12.8 Å². The number of nitrogens with zero attached hydrogens (tertiary/aromatic N) is 3. The Labute approximate surface area is 125 Å². The van der Waals surface area contributed by atoms with Gasteiger partial charge in [-0.25, -0.2) is 0 Å². The molecule has 1 aromatic carbocycles. The van der Waals surface area contributed by atoms with Crippen molar-refractivity contribution in [3.8, 4) is 0 Å². The summed E-state index contributed by atoms with van der Waals surface area (Å²) in [6.45, 7) is 6.44. The molecule has 0 aliphatic rings. The Bertz CT molecular complexity index is 592. The monoisotopic (exact) mass is 292 g/mol. The highest BCUT2D eigenvalue weighted by atomic mass is 35.5. The SMILES string of the molecule is CCn1nc(C)c(Cl)c1CN(C)Cc1cccc(N)c1. The van der Waals surface area contributed by atoms with Gasteiger partial charge in [0.1, 0.15) is 0 Å². The maximum absolute atomic E-state index is 6.33. The molecule has 0 bridgehead atoms. The van der Waals surface area contributed by atoms with Gasteiger partial charge in [-0.1, -0.05) is 23.7 Å². The van der Waals surface area contributed by atoms with Crippen LogP contribution in [-0.2, 0) is 19.6 Å². The van der Waals surface area contributed by atoms with Crippen molar-refractivity contribution in [1.29, 1.82) is 0 Å². The van der Waals surface area contributed by atoms with E-state index in [1.165, 1.54) is 5.56 Å². The lowest BCUT2D eigenvalue weighted by Crippen LogP contribution is -2.20. The van der Waals surface area contributed by atoms with Crippen LogP contribution in [0, 0.1) is 6.92 Å². The zero-order valence-corrected chi connectivity index (χ0v) is 13.0. The van der Waals surface area contributed by atoms with E-state index < -0.39 is 0 Å². The third-order valence-corrected chi connectivity index (χ3v) is 3.77. The first kappa shape index (κ1) is 14.9. The quantitative estimate of drug-likeness (QED) is 0.862. The van der Waals surface area contributed by atoms with Crippen LogP contribution in [-0.4, -0.2) is 21.7 Å². The molecule has 0 aliphatic carbocycles. The topological polar surface area (TPSA) is 47.1 Å².